The van der Waals surface area contributed by atoms with E-state index < -0.39 is 16.0 Å². The van der Waals surface area contributed by atoms with Gasteiger partial charge in [0.2, 0.25) is 10.0 Å². The molecule has 2 fully saturated rings. The Balaban J connectivity index is 2.05. The number of carboxylic acid groups (broad SMARTS) is 1. The fourth-order valence-corrected chi connectivity index (χ4v) is 5.12. The van der Waals surface area contributed by atoms with E-state index in [1.54, 1.807) is 0 Å². The van der Waals surface area contributed by atoms with Gasteiger partial charge in [-0.05, 0) is 24.7 Å². The number of nitrogens with zero attached hydrogens (tertiary/aromatic N) is 1. The molecule has 0 aromatic carbocycles. The van der Waals surface area contributed by atoms with Gasteiger partial charge >= 0.3 is 5.97 Å². The van der Waals surface area contributed by atoms with Crippen molar-refractivity contribution in [2.45, 2.75) is 32.6 Å². The lowest BCUT2D eigenvalue weighted by atomic mass is 9.79. The first-order valence-corrected chi connectivity index (χ1v) is 8.21. The average molecular weight is 275 g/mol. The SMILES string of the molecule is CC1CN(CC2CCCCC2C(=O)O)S(=O)(=O)C1. The Morgan fingerprint density at radius 1 is 1.33 bits per heavy atom. The normalized spacial score (nSPS) is 36.6. The fraction of sp³-hybridized carbons (Fsp3) is 0.917. The van der Waals surface area contributed by atoms with Crippen molar-refractivity contribution in [3.05, 3.63) is 0 Å². The van der Waals surface area contributed by atoms with Gasteiger partial charge in [0, 0.05) is 13.1 Å². The molecule has 0 radical (unpaired) electrons. The van der Waals surface area contributed by atoms with Crippen LogP contribution in [0.2, 0.25) is 0 Å². The van der Waals surface area contributed by atoms with Crippen molar-refractivity contribution in [3.63, 3.8) is 0 Å². The summed E-state index contributed by atoms with van der Waals surface area (Å²) in [6.07, 6.45) is 3.47. The molecule has 6 heteroatoms. The van der Waals surface area contributed by atoms with Gasteiger partial charge in [-0.25, -0.2) is 12.7 Å². The molecule has 0 aromatic heterocycles. The molecule has 3 unspecified atom stereocenters. The summed E-state index contributed by atoms with van der Waals surface area (Å²) in [6.45, 7) is 2.86. The van der Waals surface area contributed by atoms with E-state index in [4.69, 9.17) is 0 Å². The Kier molecular flexibility index (Phi) is 3.96. The molecule has 2 rings (SSSR count). The van der Waals surface area contributed by atoms with Crippen molar-refractivity contribution in [1.29, 1.82) is 0 Å². The summed E-state index contributed by atoms with van der Waals surface area (Å²) in [4.78, 5) is 11.2. The monoisotopic (exact) mass is 275 g/mol. The maximum absolute atomic E-state index is 11.9. The van der Waals surface area contributed by atoms with E-state index in [0.29, 0.717) is 19.5 Å². The van der Waals surface area contributed by atoms with E-state index in [1.807, 2.05) is 6.92 Å². The van der Waals surface area contributed by atoms with Gasteiger partial charge in [-0.3, -0.25) is 4.79 Å². The van der Waals surface area contributed by atoms with Gasteiger partial charge in [0.15, 0.2) is 0 Å². The summed E-state index contributed by atoms with van der Waals surface area (Å²) in [5, 5.41) is 9.20. The first kappa shape index (κ1) is 13.8. The highest BCUT2D eigenvalue weighted by atomic mass is 32.2. The van der Waals surface area contributed by atoms with Crippen molar-refractivity contribution in [2.75, 3.05) is 18.8 Å². The first-order valence-electron chi connectivity index (χ1n) is 6.61. The Labute approximate surface area is 108 Å². The molecule has 2 aliphatic rings. The van der Waals surface area contributed by atoms with Crippen molar-refractivity contribution < 1.29 is 18.3 Å². The van der Waals surface area contributed by atoms with Crippen LogP contribution < -0.4 is 0 Å². The van der Waals surface area contributed by atoms with E-state index in [0.717, 1.165) is 19.3 Å². The maximum Gasteiger partial charge on any atom is 0.306 e. The number of hydrogen-bond acceptors (Lipinski definition) is 3. The van der Waals surface area contributed by atoms with Crippen LogP contribution in [0, 0.1) is 17.8 Å². The van der Waals surface area contributed by atoms with E-state index in [9.17, 15) is 18.3 Å². The molecule has 0 bridgehead atoms. The second-order valence-corrected chi connectivity index (χ2v) is 7.70. The Morgan fingerprint density at radius 2 is 2.00 bits per heavy atom. The molecular formula is C12H21NO4S. The molecular weight excluding hydrogens is 254 g/mol. The van der Waals surface area contributed by atoms with Gasteiger partial charge in [-0.15, -0.1) is 0 Å². The predicted octanol–water partition coefficient (Wildman–Crippen LogP) is 1.16. The van der Waals surface area contributed by atoms with Crippen LogP contribution in [0.3, 0.4) is 0 Å². The molecule has 104 valence electrons. The van der Waals surface area contributed by atoms with Crippen LogP contribution in [-0.4, -0.2) is 42.6 Å². The van der Waals surface area contributed by atoms with Crippen molar-refractivity contribution in [1.82, 2.24) is 4.31 Å². The lowest BCUT2D eigenvalue weighted by molar-refractivity contribution is -0.145. The highest BCUT2D eigenvalue weighted by Gasteiger charge is 2.38. The zero-order chi connectivity index (χ0) is 13.3. The third kappa shape index (κ3) is 2.85. The maximum atomic E-state index is 11.9. The summed E-state index contributed by atoms with van der Waals surface area (Å²) < 4.78 is 25.3. The topological polar surface area (TPSA) is 74.7 Å². The van der Waals surface area contributed by atoms with E-state index >= 15 is 0 Å². The standard InChI is InChI=1S/C12H21NO4S/c1-9-6-13(18(16,17)8-9)7-10-4-2-3-5-11(10)12(14)15/h9-11H,2-8H2,1H3,(H,14,15). The first-order chi connectivity index (χ1) is 8.40. The van der Waals surface area contributed by atoms with Gasteiger partial charge in [0.25, 0.3) is 0 Å². The third-order valence-electron chi connectivity index (χ3n) is 4.07. The van der Waals surface area contributed by atoms with Gasteiger partial charge in [0.1, 0.15) is 0 Å². The Morgan fingerprint density at radius 3 is 2.56 bits per heavy atom. The molecule has 1 heterocycles. The van der Waals surface area contributed by atoms with E-state index in [-0.39, 0.29) is 23.5 Å². The molecule has 3 atom stereocenters. The van der Waals surface area contributed by atoms with Crippen LogP contribution in [0.25, 0.3) is 0 Å². The minimum Gasteiger partial charge on any atom is -0.481 e. The predicted molar refractivity (Wildman–Crippen MR) is 67.6 cm³/mol. The van der Waals surface area contributed by atoms with Gasteiger partial charge < -0.3 is 5.11 Å². The Bertz CT molecular complexity index is 420. The smallest absolute Gasteiger partial charge is 0.306 e. The van der Waals surface area contributed by atoms with E-state index in [1.165, 1.54) is 4.31 Å². The minimum atomic E-state index is -3.14. The molecule has 0 aromatic rings. The summed E-state index contributed by atoms with van der Waals surface area (Å²) in [7, 11) is -3.14. The van der Waals surface area contributed by atoms with Gasteiger partial charge in [0.05, 0.1) is 11.7 Å². The molecule has 1 saturated heterocycles. The second-order valence-electron chi connectivity index (χ2n) is 5.69. The quantitative estimate of drug-likeness (QED) is 0.838. The number of rotatable bonds is 3. The molecule has 1 aliphatic carbocycles. The molecule has 1 aliphatic heterocycles. The van der Waals surface area contributed by atoms with Gasteiger partial charge in [-0.1, -0.05) is 19.8 Å². The van der Waals surface area contributed by atoms with Gasteiger partial charge in [-0.2, -0.15) is 0 Å². The Hall–Kier alpha value is -0.620. The number of sulfonamides is 1. The molecule has 5 nitrogen and oxygen atoms in total. The zero-order valence-corrected chi connectivity index (χ0v) is 11.5. The number of carboxylic acids is 1. The largest absolute Gasteiger partial charge is 0.481 e. The highest BCUT2D eigenvalue weighted by molar-refractivity contribution is 7.89. The zero-order valence-electron chi connectivity index (χ0n) is 10.7. The summed E-state index contributed by atoms with van der Waals surface area (Å²) in [5.41, 5.74) is 0. The molecule has 1 saturated carbocycles. The fourth-order valence-electron chi connectivity index (χ4n) is 3.18. The van der Waals surface area contributed by atoms with Crippen LogP contribution in [0.5, 0.6) is 0 Å². The van der Waals surface area contributed by atoms with Crippen LogP contribution in [0.1, 0.15) is 32.6 Å². The summed E-state index contributed by atoms with van der Waals surface area (Å²) in [5.74, 6) is -0.801. The lowest BCUT2D eigenvalue weighted by Gasteiger charge is -2.31. The highest BCUT2D eigenvalue weighted by Crippen LogP contribution is 2.33. The number of carbonyl (C=O) groups is 1. The van der Waals surface area contributed by atoms with Crippen molar-refractivity contribution in [2.24, 2.45) is 17.8 Å². The molecule has 1 N–H and O–H groups in total. The van der Waals surface area contributed by atoms with Crippen LogP contribution in [-0.2, 0) is 14.8 Å². The van der Waals surface area contributed by atoms with Crippen LogP contribution in [0.15, 0.2) is 0 Å². The number of hydrogen-bond donors (Lipinski definition) is 1. The summed E-state index contributed by atoms with van der Waals surface area (Å²) >= 11 is 0. The molecule has 0 spiro atoms. The lowest BCUT2D eigenvalue weighted by Crippen LogP contribution is -2.38. The van der Waals surface area contributed by atoms with Crippen molar-refractivity contribution >= 4 is 16.0 Å². The average Bonchev–Trinajstić information content (AvgIpc) is 2.52. The van der Waals surface area contributed by atoms with Crippen molar-refractivity contribution in [3.8, 4) is 0 Å². The van der Waals surface area contributed by atoms with E-state index in [2.05, 4.69) is 0 Å². The third-order valence-corrected chi connectivity index (χ3v) is 6.14. The second kappa shape index (κ2) is 5.17. The minimum absolute atomic E-state index is 0.0173. The molecule has 18 heavy (non-hydrogen) atoms. The number of aliphatic carboxylic acids is 1. The molecule has 0 amide bonds. The summed E-state index contributed by atoms with van der Waals surface area (Å²) in [6, 6.07) is 0. The van der Waals surface area contributed by atoms with Crippen LogP contribution >= 0.6 is 0 Å². The van der Waals surface area contributed by atoms with Crippen LogP contribution in [0.4, 0.5) is 0 Å².